The van der Waals surface area contributed by atoms with Crippen LogP contribution in [0.4, 0.5) is 0 Å². The number of hydrogen-bond acceptors (Lipinski definition) is 5. The van der Waals surface area contributed by atoms with E-state index in [0.29, 0.717) is 37.4 Å². The van der Waals surface area contributed by atoms with Crippen LogP contribution in [0.15, 0.2) is 30.3 Å². The minimum atomic E-state index is -1.24. The van der Waals surface area contributed by atoms with Crippen molar-refractivity contribution in [2.75, 3.05) is 32.7 Å². The van der Waals surface area contributed by atoms with Gasteiger partial charge in [-0.1, -0.05) is 18.2 Å². The van der Waals surface area contributed by atoms with E-state index < -0.39 is 17.9 Å². The Labute approximate surface area is 194 Å². The predicted octanol–water partition coefficient (Wildman–Crippen LogP) is 1.00. The Bertz CT molecular complexity index is 825. The molecule has 0 radical (unpaired) electrons. The SMILES string of the molecule is O=C(N[C@H](CNC(=O)[C@@H]1CCCN(C(=O)CCC2CCNCC2)C1)C(=O)O)c1ccccc1. The average Bonchev–Trinajstić information content (AvgIpc) is 2.85. The minimum absolute atomic E-state index is 0.0876. The first kappa shape index (κ1) is 24.7. The van der Waals surface area contributed by atoms with Gasteiger partial charge in [0.05, 0.1) is 5.92 Å². The molecule has 3 rings (SSSR count). The van der Waals surface area contributed by atoms with Gasteiger partial charge in [-0.2, -0.15) is 0 Å². The Morgan fingerprint density at radius 1 is 1.09 bits per heavy atom. The number of benzene rings is 1. The Morgan fingerprint density at radius 3 is 2.52 bits per heavy atom. The van der Waals surface area contributed by atoms with E-state index in [0.717, 1.165) is 38.8 Å². The fourth-order valence-electron chi connectivity index (χ4n) is 4.45. The molecular weight excluding hydrogens is 424 g/mol. The Morgan fingerprint density at radius 2 is 1.82 bits per heavy atom. The zero-order chi connectivity index (χ0) is 23.6. The summed E-state index contributed by atoms with van der Waals surface area (Å²) < 4.78 is 0. The summed E-state index contributed by atoms with van der Waals surface area (Å²) >= 11 is 0. The van der Waals surface area contributed by atoms with Gasteiger partial charge in [-0.15, -0.1) is 0 Å². The molecule has 2 fully saturated rings. The van der Waals surface area contributed by atoms with E-state index in [1.807, 2.05) is 0 Å². The summed E-state index contributed by atoms with van der Waals surface area (Å²) in [5.41, 5.74) is 0.348. The lowest BCUT2D eigenvalue weighted by atomic mass is 9.92. The standard InChI is InChI=1S/C24H34N4O5/c29-21(9-8-17-10-12-25-13-11-17)28-14-4-7-19(16-28)22(30)26-15-20(24(32)33)27-23(31)18-5-2-1-3-6-18/h1-3,5-6,17,19-20,25H,4,7-16H2,(H,26,30)(H,27,31)(H,32,33)/t19-,20-/m1/s1. The van der Waals surface area contributed by atoms with Gasteiger partial charge in [0.25, 0.3) is 5.91 Å². The molecule has 2 heterocycles. The number of carbonyl (C=O) groups is 4. The van der Waals surface area contributed by atoms with Crippen molar-refractivity contribution >= 4 is 23.7 Å². The van der Waals surface area contributed by atoms with Gasteiger partial charge in [0.15, 0.2) is 0 Å². The first-order valence-electron chi connectivity index (χ1n) is 11.8. The van der Waals surface area contributed by atoms with Gasteiger partial charge in [0, 0.05) is 31.6 Å². The van der Waals surface area contributed by atoms with Crippen molar-refractivity contribution in [1.29, 1.82) is 0 Å². The molecule has 1 aromatic rings. The maximum atomic E-state index is 12.7. The summed E-state index contributed by atoms with van der Waals surface area (Å²) in [5.74, 6) is -1.73. The van der Waals surface area contributed by atoms with Crippen molar-refractivity contribution in [1.82, 2.24) is 20.9 Å². The highest BCUT2D eigenvalue weighted by atomic mass is 16.4. The number of aliphatic carboxylic acids is 1. The second-order valence-corrected chi connectivity index (χ2v) is 8.89. The molecule has 1 aromatic carbocycles. The number of nitrogens with one attached hydrogen (secondary N) is 3. The van der Waals surface area contributed by atoms with Crippen LogP contribution < -0.4 is 16.0 Å². The monoisotopic (exact) mass is 458 g/mol. The van der Waals surface area contributed by atoms with Crippen molar-refractivity contribution in [2.45, 2.75) is 44.6 Å². The fraction of sp³-hybridized carbons (Fsp3) is 0.583. The van der Waals surface area contributed by atoms with Gasteiger partial charge >= 0.3 is 5.97 Å². The van der Waals surface area contributed by atoms with Crippen molar-refractivity contribution in [3.05, 3.63) is 35.9 Å². The molecule has 0 aliphatic carbocycles. The summed E-state index contributed by atoms with van der Waals surface area (Å²) in [6.07, 6.45) is 4.98. The number of likely N-dealkylation sites (tertiary alicyclic amines) is 1. The van der Waals surface area contributed by atoms with Gasteiger partial charge in [-0.05, 0) is 63.2 Å². The lowest BCUT2D eigenvalue weighted by Gasteiger charge is -2.33. The molecule has 2 aliphatic rings. The van der Waals surface area contributed by atoms with Crippen LogP contribution in [-0.2, 0) is 14.4 Å². The van der Waals surface area contributed by atoms with E-state index in [1.165, 1.54) is 0 Å². The first-order valence-corrected chi connectivity index (χ1v) is 11.8. The molecule has 0 spiro atoms. The van der Waals surface area contributed by atoms with Crippen LogP contribution >= 0.6 is 0 Å². The molecule has 0 bridgehead atoms. The van der Waals surface area contributed by atoms with Gasteiger partial charge < -0.3 is 26.0 Å². The molecule has 0 unspecified atom stereocenters. The molecule has 9 nitrogen and oxygen atoms in total. The van der Waals surface area contributed by atoms with Gasteiger partial charge in [0.1, 0.15) is 6.04 Å². The number of amides is 3. The number of piperidine rings is 2. The Balaban J connectivity index is 1.45. The summed E-state index contributed by atoms with van der Waals surface area (Å²) in [5, 5.41) is 17.9. The van der Waals surface area contributed by atoms with Gasteiger partial charge in [-0.25, -0.2) is 4.79 Å². The molecule has 0 aromatic heterocycles. The lowest BCUT2D eigenvalue weighted by molar-refractivity contribution is -0.139. The second kappa shape index (κ2) is 12.3. The van der Waals surface area contributed by atoms with E-state index in [-0.39, 0.29) is 24.3 Å². The average molecular weight is 459 g/mol. The third kappa shape index (κ3) is 7.56. The lowest BCUT2D eigenvalue weighted by Crippen LogP contribution is -2.51. The molecule has 9 heteroatoms. The number of nitrogens with zero attached hydrogens (tertiary/aromatic N) is 1. The predicted molar refractivity (Wildman–Crippen MR) is 122 cm³/mol. The van der Waals surface area contributed by atoms with Crippen molar-refractivity contribution in [3.63, 3.8) is 0 Å². The highest BCUT2D eigenvalue weighted by molar-refractivity contribution is 5.96. The zero-order valence-corrected chi connectivity index (χ0v) is 18.9. The summed E-state index contributed by atoms with van der Waals surface area (Å²) in [6, 6.07) is 7.08. The maximum Gasteiger partial charge on any atom is 0.328 e. The highest BCUT2D eigenvalue weighted by Gasteiger charge is 2.30. The molecule has 180 valence electrons. The molecule has 4 N–H and O–H groups in total. The van der Waals surface area contributed by atoms with Crippen LogP contribution in [0.3, 0.4) is 0 Å². The number of carboxylic acids is 1. The number of rotatable bonds is 9. The van der Waals surface area contributed by atoms with Crippen LogP contribution in [0.25, 0.3) is 0 Å². The van der Waals surface area contributed by atoms with Gasteiger partial charge in [0.2, 0.25) is 11.8 Å². The first-order chi connectivity index (χ1) is 15.9. The van der Waals surface area contributed by atoms with Crippen LogP contribution in [0.1, 0.15) is 48.9 Å². The summed E-state index contributed by atoms with van der Waals surface area (Å²) in [6.45, 7) is 2.81. The fourth-order valence-corrected chi connectivity index (χ4v) is 4.45. The third-order valence-electron chi connectivity index (χ3n) is 6.49. The molecular formula is C24H34N4O5. The van der Waals surface area contributed by atoms with E-state index >= 15 is 0 Å². The zero-order valence-electron chi connectivity index (χ0n) is 18.9. The van der Waals surface area contributed by atoms with Crippen LogP contribution in [0.5, 0.6) is 0 Å². The third-order valence-corrected chi connectivity index (χ3v) is 6.49. The maximum absolute atomic E-state index is 12.7. The van der Waals surface area contributed by atoms with Crippen molar-refractivity contribution in [2.24, 2.45) is 11.8 Å². The quantitative estimate of drug-likeness (QED) is 0.437. The highest BCUT2D eigenvalue weighted by Crippen LogP contribution is 2.21. The van der Waals surface area contributed by atoms with E-state index in [2.05, 4.69) is 16.0 Å². The largest absolute Gasteiger partial charge is 0.480 e. The summed E-state index contributed by atoms with van der Waals surface area (Å²) in [4.78, 5) is 51.0. The molecule has 2 saturated heterocycles. The van der Waals surface area contributed by atoms with Crippen LogP contribution in [-0.4, -0.2) is 72.5 Å². The van der Waals surface area contributed by atoms with Crippen molar-refractivity contribution in [3.8, 4) is 0 Å². The molecule has 3 amide bonds. The van der Waals surface area contributed by atoms with Gasteiger partial charge in [-0.3, -0.25) is 14.4 Å². The number of carboxylic acid groups (broad SMARTS) is 1. The molecule has 33 heavy (non-hydrogen) atoms. The van der Waals surface area contributed by atoms with E-state index in [9.17, 15) is 24.3 Å². The molecule has 0 saturated carbocycles. The second-order valence-electron chi connectivity index (χ2n) is 8.89. The smallest absolute Gasteiger partial charge is 0.328 e. The van der Waals surface area contributed by atoms with E-state index in [1.54, 1.807) is 35.2 Å². The topological polar surface area (TPSA) is 128 Å². The number of carbonyl (C=O) groups excluding carboxylic acids is 3. The van der Waals surface area contributed by atoms with Crippen LogP contribution in [0.2, 0.25) is 0 Å². The Hall–Kier alpha value is -2.94. The van der Waals surface area contributed by atoms with Crippen LogP contribution in [0, 0.1) is 11.8 Å². The summed E-state index contributed by atoms with van der Waals surface area (Å²) in [7, 11) is 0. The minimum Gasteiger partial charge on any atom is -0.480 e. The molecule has 2 aliphatic heterocycles. The Kier molecular flexibility index (Phi) is 9.24. The normalized spacial score (nSPS) is 20.0. The molecule has 2 atom stereocenters. The van der Waals surface area contributed by atoms with E-state index in [4.69, 9.17) is 0 Å². The van der Waals surface area contributed by atoms with Crippen molar-refractivity contribution < 1.29 is 24.3 Å². The number of hydrogen-bond donors (Lipinski definition) is 4.